The number of anilines is 2. The van der Waals surface area contributed by atoms with Crippen LogP contribution in [0.2, 0.25) is 0 Å². The van der Waals surface area contributed by atoms with Crippen LogP contribution in [0.5, 0.6) is 0 Å². The molecule has 0 aliphatic carbocycles. The van der Waals surface area contributed by atoms with Gasteiger partial charge >= 0.3 is 0 Å². The van der Waals surface area contributed by atoms with Crippen LogP contribution in [0.3, 0.4) is 0 Å². The first-order chi connectivity index (χ1) is 10.8. The molecule has 0 unspecified atom stereocenters. The number of aryl methyl sites for hydroxylation is 1. The number of nitrogens with zero attached hydrogens (tertiary/aromatic N) is 2. The molecule has 0 aliphatic rings. The third-order valence-corrected chi connectivity index (χ3v) is 4.36. The maximum absolute atomic E-state index is 4.86. The second kappa shape index (κ2) is 5.31. The monoisotopic (exact) mass is 305 g/mol. The van der Waals surface area contributed by atoms with Crippen molar-refractivity contribution in [2.24, 2.45) is 0 Å². The normalized spacial score (nSPS) is 11.0. The highest BCUT2D eigenvalue weighted by atomic mass is 32.1. The van der Waals surface area contributed by atoms with Crippen molar-refractivity contribution in [3.8, 4) is 11.3 Å². The number of aromatic nitrogens is 2. The predicted octanol–water partition coefficient (Wildman–Crippen LogP) is 5.11. The summed E-state index contributed by atoms with van der Waals surface area (Å²) in [4.78, 5) is 4.86. The number of pyridine rings is 1. The van der Waals surface area contributed by atoms with E-state index in [-0.39, 0.29) is 0 Å². The summed E-state index contributed by atoms with van der Waals surface area (Å²) in [5.74, 6) is 1.00. The molecule has 0 atom stereocenters. The molecule has 0 saturated carbocycles. The second-order valence-electron chi connectivity index (χ2n) is 5.20. The molecule has 0 spiro atoms. The van der Waals surface area contributed by atoms with E-state index in [0.29, 0.717) is 0 Å². The quantitative estimate of drug-likeness (QED) is 0.569. The Kier molecular flexibility index (Phi) is 3.16. The minimum Gasteiger partial charge on any atom is -0.339 e. The van der Waals surface area contributed by atoms with Gasteiger partial charge in [-0.1, -0.05) is 24.3 Å². The number of nitrogens with one attached hydrogen (secondary N) is 1. The molecule has 0 amide bonds. The average Bonchev–Trinajstić information content (AvgIpc) is 3.17. The van der Waals surface area contributed by atoms with Gasteiger partial charge in [-0.25, -0.2) is 4.98 Å². The minimum absolute atomic E-state index is 0.986. The molecule has 4 heteroatoms. The Morgan fingerprint density at radius 2 is 1.91 bits per heavy atom. The molecular weight excluding hydrogens is 290 g/mol. The highest BCUT2D eigenvalue weighted by Gasteiger charge is 2.15. The van der Waals surface area contributed by atoms with Gasteiger partial charge < -0.3 is 5.32 Å². The predicted molar refractivity (Wildman–Crippen MR) is 93.0 cm³/mol. The van der Waals surface area contributed by atoms with Gasteiger partial charge in [-0.15, -0.1) is 0 Å². The number of para-hydroxylation sites is 1. The van der Waals surface area contributed by atoms with E-state index in [0.717, 1.165) is 28.4 Å². The number of imidazole rings is 1. The van der Waals surface area contributed by atoms with Crippen molar-refractivity contribution in [2.75, 3.05) is 5.32 Å². The van der Waals surface area contributed by atoms with Crippen LogP contribution in [-0.2, 0) is 0 Å². The lowest BCUT2D eigenvalue weighted by Crippen LogP contribution is -1.96. The van der Waals surface area contributed by atoms with Crippen LogP contribution in [0.25, 0.3) is 16.9 Å². The molecule has 22 heavy (non-hydrogen) atoms. The van der Waals surface area contributed by atoms with Gasteiger partial charge in [-0.05, 0) is 42.1 Å². The average molecular weight is 305 g/mol. The highest BCUT2D eigenvalue weighted by molar-refractivity contribution is 7.08. The van der Waals surface area contributed by atoms with Gasteiger partial charge in [0.15, 0.2) is 0 Å². The van der Waals surface area contributed by atoms with Crippen molar-refractivity contribution in [2.45, 2.75) is 6.92 Å². The number of hydrogen-bond acceptors (Lipinski definition) is 3. The van der Waals surface area contributed by atoms with Crippen LogP contribution in [0.4, 0.5) is 11.5 Å². The summed E-state index contributed by atoms with van der Waals surface area (Å²) in [5, 5.41) is 7.73. The van der Waals surface area contributed by atoms with Gasteiger partial charge in [0, 0.05) is 22.8 Å². The fourth-order valence-electron chi connectivity index (χ4n) is 2.58. The van der Waals surface area contributed by atoms with E-state index < -0.39 is 0 Å². The van der Waals surface area contributed by atoms with Crippen molar-refractivity contribution in [3.63, 3.8) is 0 Å². The van der Waals surface area contributed by atoms with Crippen LogP contribution < -0.4 is 5.32 Å². The summed E-state index contributed by atoms with van der Waals surface area (Å²) in [6.45, 7) is 2.09. The fourth-order valence-corrected chi connectivity index (χ4v) is 3.22. The van der Waals surface area contributed by atoms with Crippen LogP contribution >= 0.6 is 11.3 Å². The molecule has 4 aromatic rings. The summed E-state index contributed by atoms with van der Waals surface area (Å²) < 4.78 is 2.12. The lowest BCUT2D eigenvalue weighted by molar-refractivity contribution is 1.16. The number of fused-ring (bicyclic) bond motifs is 1. The number of rotatable bonds is 3. The molecule has 1 aromatic carbocycles. The van der Waals surface area contributed by atoms with Crippen LogP contribution in [-0.4, -0.2) is 9.38 Å². The number of thiophene rings is 1. The van der Waals surface area contributed by atoms with E-state index in [1.165, 1.54) is 5.56 Å². The Balaban J connectivity index is 1.94. The second-order valence-corrected chi connectivity index (χ2v) is 5.98. The number of benzene rings is 1. The Morgan fingerprint density at radius 1 is 1.05 bits per heavy atom. The SMILES string of the molecule is Cc1cccn2c(Nc3ccccc3)c(-c3ccsc3)nc12. The topological polar surface area (TPSA) is 29.3 Å². The Hall–Kier alpha value is -2.59. The molecular formula is C18H15N3S. The molecule has 3 nitrogen and oxygen atoms in total. The zero-order valence-electron chi connectivity index (χ0n) is 12.2. The van der Waals surface area contributed by atoms with E-state index in [1.807, 2.05) is 18.2 Å². The van der Waals surface area contributed by atoms with E-state index in [9.17, 15) is 0 Å². The van der Waals surface area contributed by atoms with Crippen molar-refractivity contribution < 1.29 is 0 Å². The third-order valence-electron chi connectivity index (χ3n) is 3.68. The molecule has 0 bridgehead atoms. The van der Waals surface area contributed by atoms with Crippen LogP contribution in [0, 0.1) is 6.92 Å². The van der Waals surface area contributed by atoms with Crippen LogP contribution in [0.15, 0.2) is 65.5 Å². The molecule has 3 aromatic heterocycles. The summed E-state index contributed by atoms with van der Waals surface area (Å²) in [6, 6.07) is 16.5. The maximum atomic E-state index is 4.86. The van der Waals surface area contributed by atoms with Crippen molar-refractivity contribution >= 4 is 28.5 Å². The standard InChI is InChI=1S/C18H15N3S/c1-13-6-5-10-21-17(13)20-16(14-9-11-22-12-14)18(21)19-15-7-3-2-4-8-15/h2-12,19H,1H3. The summed E-state index contributed by atoms with van der Waals surface area (Å²) in [5.41, 5.74) is 5.34. The first-order valence-electron chi connectivity index (χ1n) is 7.15. The maximum Gasteiger partial charge on any atom is 0.143 e. The fraction of sp³-hybridized carbons (Fsp3) is 0.0556. The number of hydrogen-bond donors (Lipinski definition) is 1. The van der Waals surface area contributed by atoms with Crippen molar-refractivity contribution in [1.82, 2.24) is 9.38 Å². The smallest absolute Gasteiger partial charge is 0.143 e. The largest absolute Gasteiger partial charge is 0.339 e. The van der Waals surface area contributed by atoms with Crippen LogP contribution in [0.1, 0.15) is 5.56 Å². The lowest BCUT2D eigenvalue weighted by atomic mass is 10.2. The van der Waals surface area contributed by atoms with Gasteiger partial charge in [-0.2, -0.15) is 11.3 Å². The van der Waals surface area contributed by atoms with Gasteiger partial charge in [-0.3, -0.25) is 4.40 Å². The first-order valence-corrected chi connectivity index (χ1v) is 8.09. The molecule has 4 rings (SSSR count). The van der Waals surface area contributed by atoms with E-state index in [4.69, 9.17) is 4.98 Å². The highest BCUT2D eigenvalue weighted by Crippen LogP contribution is 2.32. The summed E-state index contributed by atoms with van der Waals surface area (Å²) >= 11 is 1.69. The Labute approximate surface area is 132 Å². The molecule has 0 fully saturated rings. The van der Waals surface area contributed by atoms with Gasteiger partial charge in [0.25, 0.3) is 0 Å². The van der Waals surface area contributed by atoms with Crippen molar-refractivity contribution in [3.05, 3.63) is 71.1 Å². The molecule has 0 radical (unpaired) electrons. The zero-order chi connectivity index (χ0) is 14.9. The molecule has 0 aliphatic heterocycles. The van der Waals surface area contributed by atoms with E-state index in [2.05, 4.69) is 63.9 Å². The molecule has 0 saturated heterocycles. The minimum atomic E-state index is 0.986. The third kappa shape index (κ3) is 2.18. The summed E-state index contributed by atoms with van der Waals surface area (Å²) in [6.07, 6.45) is 2.05. The molecule has 3 heterocycles. The zero-order valence-corrected chi connectivity index (χ0v) is 13.0. The van der Waals surface area contributed by atoms with Gasteiger partial charge in [0.2, 0.25) is 0 Å². The van der Waals surface area contributed by atoms with Gasteiger partial charge in [0.1, 0.15) is 17.2 Å². The van der Waals surface area contributed by atoms with Crippen molar-refractivity contribution in [1.29, 1.82) is 0 Å². The van der Waals surface area contributed by atoms with E-state index >= 15 is 0 Å². The van der Waals surface area contributed by atoms with Gasteiger partial charge in [0.05, 0.1) is 0 Å². The Morgan fingerprint density at radius 3 is 2.68 bits per heavy atom. The van der Waals surface area contributed by atoms with E-state index in [1.54, 1.807) is 11.3 Å². The summed E-state index contributed by atoms with van der Waals surface area (Å²) in [7, 11) is 0. The Bertz CT molecular complexity index is 908. The molecule has 1 N–H and O–H groups in total. The lowest BCUT2D eigenvalue weighted by Gasteiger charge is -2.08. The first kappa shape index (κ1) is 13.1. The molecule has 108 valence electrons.